The number of hydrogen-bond acceptors (Lipinski definition) is 7. The van der Waals surface area contributed by atoms with Gasteiger partial charge >= 0.3 is 14.5 Å². The van der Waals surface area contributed by atoms with Crippen LogP contribution in [0.25, 0.3) is 0 Å². The first-order chi connectivity index (χ1) is 11.3. The number of carbonyl (C=O) groups excluding carboxylic acids is 1. The maximum atomic E-state index is 11.9. The third-order valence-electron chi connectivity index (χ3n) is 3.28. The second-order valence-corrected chi connectivity index (χ2v) is 10.7. The zero-order chi connectivity index (χ0) is 18.1. The average Bonchev–Trinajstić information content (AvgIpc) is 3.05. The number of esters is 1. The van der Waals surface area contributed by atoms with Crippen molar-refractivity contribution in [2.45, 2.75) is 44.4 Å². The average molecular weight is 379 g/mol. The van der Waals surface area contributed by atoms with E-state index in [-0.39, 0.29) is 23.9 Å². The summed E-state index contributed by atoms with van der Waals surface area (Å²) in [4.78, 5) is 17.9. The molecule has 1 rings (SSSR count). The molecule has 0 amide bonds. The molecule has 10 heteroatoms. The Morgan fingerprint density at radius 3 is 2.50 bits per heavy atom. The van der Waals surface area contributed by atoms with Gasteiger partial charge in [-0.25, -0.2) is 13.4 Å². The highest BCUT2D eigenvalue weighted by Gasteiger charge is 2.30. The maximum Gasteiger partial charge on any atom is 0.335 e. The lowest BCUT2D eigenvalue weighted by Gasteiger charge is -2.25. The molecule has 0 saturated carbocycles. The van der Waals surface area contributed by atoms with Crippen LogP contribution in [-0.4, -0.2) is 58.5 Å². The SMILES string of the molecule is CCO[Si](C)(CCCOC(=O)CCS(=O)(=O)c1ncc[nH]1)OCC. The summed E-state index contributed by atoms with van der Waals surface area (Å²) in [6.45, 7) is 7.23. The molecule has 8 nitrogen and oxygen atoms in total. The molecule has 1 aromatic rings. The van der Waals surface area contributed by atoms with Gasteiger partial charge in [0.15, 0.2) is 0 Å². The highest BCUT2D eigenvalue weighted by atomic mass is 32.2. The topological polar surface area (TPSA) is 108 Å². The highest BCUT2D eigenvalue weighted by molar-refractivity contribution is 7.91. The fraction of sp³-hybridized carbons (Fsp3) is 0.714. The van der Waals surface area contributed by atoms with E-state index < -0.39 is 24.4 Å². The van der Waals surface area contributed by atoms with Gasteiger partial charge in [-0.05, 0) is 32.9 Å². The van der Waals surface area contributed by atoms with Crippen LogP contribution in [0.15, 0.2) is 17.6 Å². The van der Waals surface area contributed by atoms with E-state index in [9.17, 15) is 13.2 Å². The molecule has 1 aromatic heterocycles. The van der Waals surface area contributed by atoms with E-state index in [0.717, 1.165) is 0 Å². The van der Waals surface area contributed by atoms with Gasteiger partial charge < -0.3 is 18.6 Å². The van der Waals surface area contributed by atoms with Gasteiger partial charge in [-0.3, -0.25) is 4.79 Å². The van der Waals surface area contributed by atoms with Crippen LogP contribution in [0.4, 0.5) is 0 Å². The summed E-state index contributed by atoms with van der Waals surface area (Å²) in [5.74, 6) is -0.870. The fourth-order valence-electron chi connectivity index (χ4n) is 2.18. The Balaban J connectivity index is 2.29. The molecular weight excluding hydrogens is 352 g/mol. The van der Waals surface area contributed by atoms with Gasteiger partial charge in [0.1, 0.15) is 0 Å². The first-order valence-corrected chi connectivity index (χ1v) is 12.2. The molecule has 0 spiro atoms. The van der Waals surface area contributed by atoms with Gasteiger partial charge in [-0.15, -0.1) is 0 Å². The summed E-state index contributed by atoms with van der Waals surface area (Å²) in [6, 6.07) is 0.715. The molecule has 0 atom stereocenters. The van der Waals surface area contributed by atoms with Gasteiger partial charge in [0.2, 0.25) is 15.0 Å². The van der Waals surface area contributed by atoms with E-state index in [1.54, 1.807) is 0 Å². The van der Waals surface area contributed by atoms with Gasteiger partial charge in [-0.1, -0.05) is 0 Å². The minimum absolute atomic E-state index is 0.134. The second-order valence-electron chi connectivity index (χ2n) is 5.29. The zero-order valence-corrected chi connectivity index (χ0v) is 16.2. The quantitative estimate of drug-likeness (QED) is 0.335. The van der Waals surface area contributed by atoms with E-state index in [2.05, 4.69) is 9.97 Å². The van der Waals surface area contributed by atoms with Crippen molar-refractivity contribution in [1.82, 2.24) is 9.97 Å². The minimum Gasteiger partial charge on any atom is -0.466 e. The molecule has 0 aliphatic rings. The van der Waals surface area contributed by atoms with Crippen molar-refractivity contribution in [2.75, 3.05) is 25.6 Å². The van der Waals surface area contributed by atoms with E-state index in [4.69, 9.17) is 13.6 Å². The Labute approximate surface area is 144 Å². The van der Waals surface area contributed by atoms with E-state index in [1.807, 2.05) is 20.4 Å². The van der Waals surface area contributed by atoms with Crippen molar-refractivity contribution < 1.29 is 26.8 Å². The minimum atomic E-state index is -3.58. The Bertz CT molecular complexity index is 584. The van der Waals surface area contributed by atoms with Crippen molar-refractivity contribution in [2.24, 2.45) is 0 Å². The lowest BCUT2D eigenvalue weighted by molar-refractivity contribution is -0.143. The largest absolute Gasteiger partial charge is 0.466 e. The molecule has 0 aliphatic heterocycles. The third-order valence-corrected chi connectivity index (χ3v) is 7.89. The van der Waals surface area contributed by atoms with Crippen LogP contribution in [0, 0.1) is 0 Å². The molecule has 138 valence electrons. The van der Waals surface area contributed by atoms with E-state index in [1.165, 1.54) is 12.4 Å². The summed E-state index contributed by atoms with van der Waals surface area (Å²) >= 11 is 0. The number of imidazole rings is 1. The van der Waals surface area contributed by atoms with Gasteiger partial charge in [-0.2, -0.15) is 0 Å². The standard InChI is InChI=1S/C14H26N2O6SSi/c1-4-21-24(3,22-5-2)12-6-10-20-13(17)7-11-23(18,19)14-15-8-9-16-14/h8-9H,4-7,10-12H2,1-3H3,(H,15,16). The second kappa shape index (κ2) is 9.92. The lowest BCUT2D eigenvalue weighted by Crippen LogP contribution is -2.38. The van der Waals surface area contributed by atoms with Crippen LogP contribution in [0.1, 0.15) is 26.7 Å². The summed E-state index contributed by atoms with van der Waals surface area (Å²) in [5.41, 5.74) is 0. The number of hydrogen-bond donors (Lipinski definition) is 1. The number of sulfone groups is 1. The molecule has 0 unspecified atom stereocenters. The van der Waals surface area contributed by atoms with Crippen molar-refractivity contribution in [3.8, 4) is 0 Å². The number of nitrogens with one attached hydrogen (secondary N) is 1. The monoisotopic (exact) mass is 378 g/mol. The molecule has 0 saturated heterocycles. The molecule has 24 heavy (non-hydrogen) atoms. The number of aromatic nitrogens is 2. The Kier molecular flexibility index (Phi) is 8.60. The van der Waals surface area contributed by atoms with Crippen LogP contribution in [0.3, 0.4) is 0 Å². The summed E-state index contributed by atoms with van der Waals surface area (Å²) in [7, 11) is -5.79. The summed E-state index contributed by atoms with van der Waals surface area (Å²) in [5, 5.41) is -0.134. The highest BCUT2D eigenvalue weighted by Crippen LogP contribution is 2.16. The third kappa shape index (κ3) is 7.12. The maximum absolute atomic E-state index is 11.9. The van der Waals surface area contributed by atoms with Crippen LogP contribution in [0.5, 0.6) is 0 Å². The number of aromatic amines is 1. The Morgan fingerprint density at radius 1 is 1.29 bits per heavy atom. The first-order valence-electron chi connectivity index (χ1n) is 7.98. The molecule has 0 fully saturated rings. The smallest absolute Gasteiger partial charge is 0.335 e. The molecule has 0 radical (unpaired) electrons. The number of H-pyrrole nitrogens is 1. The van der Waals surface area contributed by atoms with Crippen LogP contribution < -0.4 is 0 Å². The molecule has 1 heterocycles. The van der Waals surface area contributed by atoms with E-state index in [0.29, 0.717) is 25.7 Å². The van der Waals surface area contributed by atoms with Crippen LogP contribution in [-0.2, 0) is 28.2 Å². The predicted molar refractivity (Wildman–Crippen MR) is 90.5 cm³/mol. The Morgan fingerprint density at radius 2 is 1.96 bits per heavy atom. The summed E-state index contributed by atoms with van der Waals surface area (Å²) in [6.07, 6.45) is 3.19. The molecular formula is C14H26N2O6SSi. The number of nitrogens with zero attached hydrogens (tertiary/aromatic N) is 1. The molecule has 1 N–H and O–H groups in total. The van der Waals surface area contributed by atoms with Crippen molar-refractivity contribution in [3.63, 3.8) is 0 Å². The molecule has 0 aliphatic carbocycles. The number of rotatable bonds is 12. The van der Waals surface area contributed by atoms with Gasteiger partial charge in [0.05, 0.1) is 18.8 Å². The lowest BCUT2D eigenvalue weighted by atomic mass is 10.5. The normalized spacial score (nSPS) is 12.3. The Hall–Kier alpha value is -1.23. The number of carbonyl (C=O) groups is 1. The van der Waals surface area contributed by atoms with Crippen LogP contribution in [0.2, 0.25) is 12.6 Å². The molecule has 0 bridgehead atoms. The van der Waals surface area contributed by atoms with Crippen molar-refractivity contribution in [3.05, 3.63) is 12.4 Å². The number of ether oxygens (including phenoxy) is 1. The zero-order valence-electron chi connectivity index (χ0n) is 14.4. The van der Waals surface area contributed by atoms with Crippen molar-refractivity contribution >= 4 is 24.4 Å². The van der Waals surface area contributed by atoms with E-state index >= 15 is 0 Å². The predicted octanol–water partition coefficient (Wildman–Crippen LogP) is 1.65. The summed E-state index contributed by atoms with van der Waals surface area (Å²) < 4.78 is 40.2. The molecule has 0 aromatic carbocycles. The van der Waals surface area contributed by atoms with Gasteiger partial charge in [0.25, 0.3) is 0 Å². The first kappa shape index (κ1) is 20.8. The van der Waals surface area contributed by atoms with Crippen molar-refractivity contribution in [1.29, 1.82) is 0 Å². The van der Waals surface area contributed by atoms with Crippen LogP contribution >= 0.6 is 0 Å². The van der Waals surface area contributed by atoms with Gasteiger partial charge in [0, 0.05) is 25.6 Å². The fourth-order valence-corrected chi connectivity index (χ4v) is 5.66.